The minimum absolute atomic E-state index is 0.0107. The van der Waals surface area contributed by atoms with E-state index in [1.165, 1.54) is 0 Å². The van der Waals surface area contributed by atoms with Gasteiger partial charge >= 0.3 is 0 Å². The van der Waals surface area contributed by atoms with Gasteiger partial charge in [0.2, 0.25) is 5.91 Å². The third kappa shape index (κ3) is 2.57. The smallest absolute Gasteiger partial charge is 0.242 e. The fourth-order valence-electron chi connectivity index (χ4n) is 1.51. The van der Waals surface area contributed by atoms with Gasteiger partial charge in [-0.25, -0.2) is 0 Å². The van der Waals surface area contributed by atoms with Crippen molar-refractivity contribution in [1.82, 2.24) is 14.1 Å². The molecule has 0 saturated carbocycles. The monoisotopic (exact) mass is 246 g/mol. The van der Waals surface area contributed by atoms with Crippen LogP contribution in [-0.4, -0.2) is 27.2 Å². The molecule has 0 aliphatic carbocycles. The largest absolute Gasteiger partial charge is 0.355 e. The number of rotatable bonds is 2. The molecule has 7 heteroatoms. The zero-order chi connectivity index (χ0) is 10.7. The minimum Gasteiger partial charge on any atom is -0.355 e. The zero-order valence-electron chi connectivity index (χ0n) is 7.99. The fraction of sp³-hybridized carbons (Fsp3) is 0.625. The molecule has 0 bridgehead atoms. The molecule has 1 atom stereocenters. The number of nitrogens with one attached hydrogen (secondary N) is 2. The van der Waals surface area contributed by atoms with Crippen LogP contribution in [0.4, 0.5) is 5.82 Å². The van der Waals surface area contributed by atoms with Gasteiger partial charge in [-0.2, -0.15) is 8.75 Å². The van der Waals surface area contributed by atoms with Gasteiger partial charge in [-0.05, 0) is 19.3 Å². The van der Waals surface area contributed by atoms with E-state index in [0.717, 1.165) is 37.5 Å². The van der Waals surface area contributed by atoms with Crippen molar-refractivity contribution < 1.29 is 4.79 Å². The topological polar surface area (TPSA) is 66.9 Å². The molecule has 1 aromatic rings. The van der Waals surface area contributed by atoms with Gasteiger partial charge in [0.15, 0.2) is 11.0 Å². The van der Waals surface area contributed by atoms with Crippen LogP contribution >= 0.6 is 23.3 Å². The lowest BCUT2D eigenvalue weighted by atomic mass is 10.1. The van der Waals surface area contributed by atoms with Crippen LogP contribution in [-0.2, 0) is 4.79 Å². The summed E-state index contributed by atoms with van der Waals surface area (Å²) >= 11 is 6.83. The summed E-state index contributed by atoms with van der Waals surface area (Å²) in [6.45, 7) is 0.750. The lowest BCUT2D eigenvalue weighted by molar-refractivity contribution is -0.121. The number of carbonyl (C=O) groups excluding carboxylic acids is 1. The second-order valence-corrected chi connectivity index (χ2v) is 4.27. The number of nitrogens with zero attached hydrogens (tertiary/aromatic N) is 2. The van der Waals surface area contributed by atoms with Crippen molar-refractivity contribution in [2.45, 2.75) is 25.3 Å². The average molecular weight is 247 g/mol. The van der Waals surface area contributed by atoms with Gasteiger partial charge in [-0.3, -0.25) is 4.79 Å². The first-order valence-corrected chi connectivity index (χ1v) is 5.90. The van der Waals surface area contributed by atoms with Gasteiger partial charge in [-0.15, -0.1) is 0 Å². The third-order valence-corrected chi connectivity index (χ3v) is 3.19. The van der Waals surface area contributed by atoms with Crippen LogP contribution in [0.15, 0.2) is 0 Å². The van der Waals surface area contributed by atoms with Crippen molar-refractivity contribution in [1.29, 1.82) is 0 Å². The molecule has 1 aliphatic rings. The summed E-state index contributed by atoms with van der Waals surface area (Å²) in [5, 5.41) is 6.18. The van der Waals surface area contributed by atoms with Gasteiger partial charge < -0.3 is 10.6 Å². The van der Waals surface area contributed by atoms with E-state index < -0.39 is 0 Å². The summed E-state index contributed by atoms with van der Waals surface area (Å²) in [6.07, 6.45) is 2.85. The first-order chi connectivity index (χ1) is 7.27. The molecular weight excluding hydrogens is 236 g/mol. The molecule has 15 heavy (non-hydrogen) atoms. The Kier molecular flexibility index (Phi) is 3.37. The molecule has 1 fully saturated rings. The summed E-state index contributed by atoms with van der Waals surface area (Å²) in [5.74, 6) is 0.514. The van der Waals surface area contributed by atoms with E-state index >= 15 is 0 Å². The molecule has 0 spiro atoms. The van der Waals surface area contributed by atoms with E-state index in [1.54, 1.807) is 0 Å². The van der Waals surface area contributed by atoms with Gasteiger partial charge in [-0.1, -0.05) is 11.6 Å². The molecule has 1 saturated heterocycles. The number of aromatic nitrogens is 2. The van der Waals surface area contributed by atoms with E-state index in [-0.39, 0.29) is 11.9 Å². The molecule has 82 valence electrons. The summed E-state index contributed by atoms with van der Waals surface area (Å²) in [5.41, 5.74) is 0. The summed E-state index contributed by atoms with van der Waals surface area (Å²) in [7, 11) is 0. The lowest BCUT2D eigenvalue weighted by Gasteiger charge is -2.14. The van der Waals surface area contributed by atoms with E-state index in [1.807, 2.05) is 0 Å². The zero-order valence-corrected chi connectivity index (χ0v) is 9.57. The Morgan fingerprint density at radius 3 is 3.07 bits per heavy atom. The van der Waals surface area contributed by atoms with Crippen LogP contribution in [0.2, 0.25) is 5.15 Å². The Balaban J connectivity index is 2.03. The van der Waals surface area contributed by atoms with Crippen LogP contribution in [0.5, 0.6) is 0 Å². The molecule has 1 aliphatic heterocycles. The molecule has 1 amide bonds. The van der Waals surface area contributed by atoms with Crippen LogP contribution in [0.1, 0.15) is 19.3 Å². The number of amides is 1. The maximum Gasteiger partial charge on any atom is 0.242 e. The van der Waals surface area contributed by atoms with Crippen LogP contribution in [0.25, 0.3) is 0 Å². The third-order valence-electron chi connectivity index (χ3n) is 2.29. The van der Waals surface area contributed by atoms with Crippen LogP contribution in [0.3, 0.4) is 0 Å². The Morgan fingerprint density at radius 2 is 2.33 bits per heavy atom. The van der Waals surface area contributed by atoms with Gasteiger partial charge in [0, 0.05) is 6.54 Å². The summed E-state index contributed by atoms with van der Waals surface area (Å²) < 4.78 is 7.81. The minimum atomic E-state index is -0.242. The van der Waals surface area contributed by atoms with E-state index in [0.29, 0.717) is 11.0 Å². The number of halogens is 1. The Bertz CT molecular complexity index is 356. The van der Waals surface area contributed by atoms with Crippen LogP contribution in [0, 0.1) is 0 Å². The summed E-state index contributed by atoms with van der Waals surface area (Å²) in [4.78, 5) is 11.6. The van der Waals surface area contributed by atoms with Gasteiger partial charge in [0.1, 0.15) is 6.04 Å². The van der Waals surface area contributed by atoms with Crippen LogP contribution < -0.4 is 10.6 Å². The van der Waals surface area contributed by atoms with Crippen molar-refractivity contribution in [3.05, 3.63) is 5.15 Å². The number of anilines is 1. The maximum atomic E-state index is 11.6. The first kappa shape index (κ1) is 10.6. The Labute approximate surface area is 96.5 Å². The molecule has 0 radical (unpaired) electrons. The normalized spacial score (nSPS) is 21.9. The Morgan fingerprint density at radius 1 is 1.47 bits per heavy atom. The predicted octanol–water partition coefficient (Wildman–Crippen LogP) is 1.27. The molecular formula is C8H11ClN4OS. The summed E-state index contributed by atoms with van der Waals surface area (Å²) in [6, 6.07) is -0.242. The van der Waals surface area contributed by atoms with E-state index in [4.69, 9.17) is 11.6 Å². The average Bonchev–Trinajstić information content (AvgIpc) is 2.50. The highest BCUT2D eigenvalue weighted by Crippen LogP contribution is 2.20. The molecule has 2 N–H and O–H groups in total. The van der Waals surface area contributed by atoms with E-state index in [9.17, 15) is 4.79 Å². The first-order valence-electron chi connectivity index (χ1n) is 4.79. The lowest BCUT2D eigenvalue weighted by Crippen LogP contribution is -2.38. The Hall–Kier alpha value is -0.880. The van der Waals surface area contributed by atoms with Crippen molar-refractivity contribution in [3.63, 3.8) is 0 Å². The molecule has 1 unspecified atom stereocenters. The second kappa shape index (κ2) is 4.76. The highest BCUT2D eigenvalue weighted by Gasteiger charge is 2.22. The number of carbonyl (C=O) groups is 1. The highest BCUT2D eigenvalue weighted by atomic mass is 35.5. The van der Waals surface area contributed by atoms with Crippen molar-refractivity contribution in [2.75, 3.05) is 11.9 Å². The van der Waals surface area contributed by atoms with Crippen molar-refractivity contribution in [3.8, 4) is 0 Å². The van der Waals surface area contributed by atoms with Gasteiger partial charge in [0.05, 0.1) is 11.7 Å². The van der Waals surface area contributed by atoms with Crippen molar-refractivity contribution in [2.24, 2.45) is 0 Å². The second-order valence-electron chi connectivity index (χ2n) is 3.39. The molecule has 0 aromatic carbocycles. The number of hydrogen-bond donors (Lipinski definition) is 2. The predicted molar refractivity (Wildman–Crippen MR) is 59.2 cm³/mol. The van der Waals surface area contributed by atoms with E-state index in [2.05, 4.69) is 19.4 Å². The quantitative estimate of drug-likeness (QED) is 0.825. The molecule has 2 rings (SSSR count). The standard InChI is InChI=1S/C8H11ClN4OS/c9-6-7(13-15-12-6)11-5-3-1-2-4-10-8(5)14/h5H,1-4H2,(H,10,14)(H,11,13). The maximum absolute atomic E-state index is 11.6. The molecule has 5 nitrogen and oxygen atoms in total. The van der Waals surface area contributed by atoms with Crippen molar-refractivity contribution >= 4 is 35.1 Å². The highest BCUT2D eigenvalue weighted by molar-refractivity contribution is 6.99. The molecule has 2 heterocycles. The number of hydrogen-bond acceptors (Lipinski definition) is 5. The van der Waals surface area contributed by atoms with Gasteiger partial charge in [0.25, 0.3) is 0 Å². The SMILES string of the molecule is O=C1NCCCCC1Nc1nsnc1Cl. The fourth-order valence-corrected chi connectivity index (χ4v) is 2.17. The molecule has 1 aromatic heterocycles.